The zero-order valence-electron chi connectivity index (χ0n) is 15.3. The van der Waals surface area contributed by atoms with Gasteiger partial charge in [0.15, 0.2) is 17.3 Å². The van der Waals surface area contributed by atoms with Crippen LogP contribution in [0.3, 0.4) is 0 Å². The van der Waals surface area contributed by atoms with Gasteiger partial charge in [-0.3, -0.25) is 4.79 Å². The summed E-state index contributed by atoms with van der Waals surface area (Å²) in [5.74, 6) is 0.716. The van der Waals surface area contributed by atoms with E-state index in [1.165, 1.54) is 14.2 Å². The van der Waals surface area contributed by atoms with Gasteiger partial charge in [0, 0.05) is 19.7 Å². The number of ketones is 1. The molecule has 1 atom stereocenters. The first-order valence-electron chi connectivity index (χ1n) is 8.06. The number of amides is 1. The molecule has 1 aliphatic heterocycles. The lowest BCUT2D eigenvalue weighted by Gasteiger charge is -2.23. The minimum absolute atomic E-state index is 0.0181. The van der Waals surface area contributed by atoms with E-state index >= 15 is 0 Å². The Morgan fingerprint density at radius 2 is 1.85 bits per heavy atom. The molecule has 1 aliphatic rings. The smallest absolute Gasteiger partial charge is 0.454 e. The molecule has 0 aliphatic carbocycles. The molecular formula is C17H21NO9. The SMILES string of the molecule is COCCOC(=O)OCOC(=O)N(C)C(C)C(=O)c1ccc2c(c1)OCO2. The highest BCUT2D eigenvalue weighted by molar-refractivity contribution is 6.01. The van der Waals surface area contributed by atoms with Crippen molar-refractivity contribution in [3.63, 3.8) is 0 Å². The average Bonchev–Trinajstić information content (AvgIpc) is 3.14. The van der Waals surface area contributed by atoms with E-state index in [1.54, 1.807) is 25.1 Å². The second-order valence-corrected chi connectivity index (χ2v) is 5.48. The Hall–Kier alpha value is -3.01. The number of carbonyl (C=O) groups is 3. The molecule has 1 heterocycles. The van der Waals surface area contributed by atoms with Gasteiger partial charge in [-0.25, -0.2) is 9.59 Å². The number of carbonyl (C=O) groups excluding carboxylic acids is 3. The Morgan fingerprint density at radius 1 is 1.11 bits per heavy atom. The lowest BCUT2D eigenvalue weighted by atomic mass is 10.0. The number of benzene rings is 1. The van der Waals surface area contributed by atoms with Crippen LogP contribution in [0.15, 0.2) is 18.2 Å². The van der Waals surface area contributed by atoms with Crippen molar-refractivity contribution >= 4 is 18.0 Å². The molecule has 1 amide bonds. The lowest BCUT2D eigenvalue weighted by molar-refractivity contribution is -0.0289. The maximum absolute atomic E-state index is 12.6. The van der Waals surface area contributed by atoms with E-state index < -0.39 is 25.1 Å². The number of rotatable bonds is 8. The molecule has 1 aromatic rings. The van der Waals surface area contributed by atoms with E-state index in [0.29, 0.717) is 17.1 Å². The van der Waals surface area contributed by atoms with Crippen LogP contribution in [0.5, 0.6) is 11.5 Å². The van der Waals surface area contributed by atoms with Gasteiger partial charge < -0.3 is 33.3 Å². The van der Waals surface area contributed by atoms with Crippen LogP contribution in [0.4, 0.5) is 9.59 Å². The average molecular weight is 383 g/mol. The molecule has 2 rings (SSSR count). The van der Waals surface area contributed by atoms with Crippen molar-refractivity contribution in [3.8, 4) is 11.5 Å². The Labute approximate surface area is 155 Å². The monoisotopic (exact) mass is 383 g/mol. The van der Waals surface area contributed by atoms with Crippen LogP contribution in [0, 0.1) is 0 Å². The molecule has 0 fully saturated rings. The Balaban J connectivity index is 1.81. The van der Waals surface area contributed by atoms with Gasteiger partial charge in [0.1, 0.15) is 6.61 Å². The summed E-state index contributed by atoms with van der Waals surface area (Å²) < 4.78 is 29.2. The largest absolute Gasteiger partial charge is 0.511 e. The van der Waals surface area contributed by atoms with Crippen molar-refractivity contribution in [1.82, 2.24) is 4.90 Å². The van der Waals surface area contributed by atoms with Gasteiger partial charge >= 0.3 is 12.2 Å². The van der Waals surface area contributed by atoms with Crippen LogP contribution in [0.25, 0.3) is 0 Å². The molecular weight excluding hydrogens is 362 g/mol. The molecule has 0 aromatic heterocycles. The zero-order chi connectivity index (χ0) is 19.8. The standard InChI is InChI=1S/C17H21NO9/c1-11(15(19)12-4-5-13-14(8-12)25-9-24-13)18(2)16(20)26-10-27-17(21)23-7-6-22-3/h4-5,8,11H,6-7,9-10H2,1-3H3. The van der Waals surface area contributed by atoms with Gasteiger partial charge in [-0.05, 0) is 25.1 Å². The fourth-order valence-electron chi connectivity index (χ4n) is 2.10. The number of fused-ring (bicyclic) bond motifs is 1. The molecule has 10 heteroatoms. The second-order valence-electron chi connectivity index (χ2n) is 5.48. The van der Waals surface area contributed by atoms with E-state index in [-0.39, 0.29) is 25.8 Å². The minimum atomic E-state index is -0.994. The first-order chi connectivity index (χ1) is 12.9. The van der Waals surface area contributed by atoms with Gasteiger partial charge in [0.2, 0.25) is 13.6 Å². The van der Waals surface area contributed by atoms with Crippen molar-refractivity contribution < 1.29 is 42.8 Å². The predicted molar refractivity (Wildman–Crippen MR) is 89.8 cm³/mol. The van der Waals surface area contributed by atoms with E-state index in [4.69, 9.17) is 18.9 Å². The normalized spacial score (nSPS) is 12.9. The molecule has 0 saturated heterocycles. The summed E-state index contributed by atoms with van der Waals surface area (Å²) in [6, 6.07) is 3.96. The highest BCUT2D eigenvalue weighted by Gasteiger charge is 2.26. The third-order valence-electron chi connectivity index (χ3n) is 3.77. The molecule has 0 N–H and O–H groups in total. The molecule has 1 aromatic carbocycles. The van der Waals surface area contributed by atoms with Gasteiger partial charge in [0.05, 0.1) is 12.6 Å². The summed E-state index contributed by atoms with van der Waals surface area (Å²) in [4.78, 5) is 36.9. The Kier molecular flexibility index (Phi) is 7.24. The number of hydrogen-bond donors (Lipinski definition) is 0. The molecule has 0 spiro atoms. The number of Topliss-reactive ketones (excluding diaryl/α,β-unsaturated/α-hetero) is 1. The van der Waals surface area contributed by atoms with E-state index in [0.717, 1.165) is 4.90 Å². The number of ether oxygens (including phenoxy) is 6. The van der Waals surface area contributed by atoms with Crippen LogP contribution >= 0.6 is 0 Å². The highest BCUT2D eigenvalue weighted by atomic mass is 16.8. The van der Waals surface area contributed by atoms with Gasteiger partial charge in [-0.15, -0.1) is 0 Å². The topological polar surface area (TPSA) is 110 Å². The maximum atomic E-state index is 12.6. The van der Waals surface area contributed by atoms with Crippen molar-refractivity contribution in [3.05, 3.63) is 23.8 Å². The van der Waals surface area contributed by atoms with Gasteiger partial charge in [-0.2, -0.15) is 0 Å². The third kappa shape index (κ3) is 5.48. The predicted octanol–water partition coefficient (Wildman–Crippen LogP) is 1.81. The molecule has 1 unspecified atom stereocenters. The van der Waals surface area contributed by atoms with Crippen molar-refractivity contribution in [2.75, 3.05) is 41.0 Å². The fourth-order valence-corrected chi connectivity index (χ4v) is 2.10. The molecule has 27 heavy (non-hydrogen) atoms. The highest BCUT2D eigenvalue weighted by Crippen LogP contribution is 2.32. The fraction of sp³-hybridized carbons (Fsp3) is 0.471. The summed E-state index contributed by atoms with van der Waals surface area (Å²) in [6.07, 6.45) is -1.83. The summed E-state index contributed by atoms with van der Waals surface area (Å²) >= 11 is 0. The van der Waals surface area contributed by atoms with Crippen LogP contribution in [-0.4, -0.2) is 69.9 Å². The third-order valence-corrected chi connectivity index (χ3v) is 3.77. The van der Waals surface area contributed by atoms with E-state index in [9.17, 15) is 14.4 Å². The summed E-state index contributed by atoms with van der Waals surface area (Å²) in [5, 5.41) is 0. The quantitative estimate of drug-likeness (QED) is 0.287. The van der Waals surface area contributed by atoms with E-state index in [2.05, 4.69) is 9.47 Å². The number of nitrogens with zero attached hydrogens (tertiary/aromatic N) is 1. The molecule has 0 bridgehead atoms. The summed E-state index contributed by atoms with van der Waals surface area (Å²) in [7, 11) is 2.85. The van der Waals surface area contributed by atoms with Crippen LogP contribution < -0.4 is 9.47 Å². The molecule has 0 radical (unpaired) electrons. The number of hydrogen-bond acceptors (Lipinski definition) is 9. The van der Waals surface area contributed by atoms with Crippen LogP contribution in [0.2, 0.25) is 0 Å². The number of methoxy groups -OCH3 is 1. The first-order valence-corrected chi connectivity index (χ1v) is 8.06. The number of likely N-dealkylation sites (N-methyl/N-ethyl adjacent to an activating group) is 1. The van der Waals surface area contributed by atoms with Crippen LogP contribution in [0.1, 0.15) is 17.3 Å². The molecule has 148 valence electrons. The van der Waals surface area contributed by atoms with E-state index in [1.807, 2.05) is 0 Å². The lowest BCUT2D eigenvalue weighted by Crippen LogP contribution is -2.41. The molecule has 10 nitrogen and oxygen atoms in total. The molecule has 0 saturated carbocycles. The van der Waals surface area contributed by atoms with Gasteiger partial charge in [0.25, 0.3) is 0 Å². The second kappa shape index (κ2) is 9.62. The van der Waals surface area contributed by atoms with Crippen molar-refractivity contribution in [1.29, 1.82) is 0 Å². The van der Waals surface area contributed by atoms with Crippen LogP contribution in [-0.2, 0) is 18.9 Å². The summed E-state index contributed by atoms with van der Waals surface area (Å²) in [6.45, 7) is 1.25. The van der Waals surface area contributed by atoms with Crippen molar-refractivity contribution in [2.45, 2.75) is 13.0 Å². The summed E-state index contributed by atoms with van der Waals surface area (Å²) in [5.41, 5.74) is 0.365. The zero-order valence-corrected chi connectivity index (χ0v) is 15.3. The van der Waals surface area contributed by atoms with Crippen molar-refractivity contribution in [2.24, 2.45) is 0 Å². The Bertz CT molecular complexity index is 691. The first kappa shape index (κ1) is 20.3. The Morgan fingerprint density at radius 3 is 2.59 bits per heavy atom. The maximum Gasteiger partial charge on any atom is 0.511 e. The minimum Gasteiger partial charge on any atom is -0.454 e. The van der Waals surface area contributed by atoms with Gasteiger partial charge in [-0.1, -0.05) is 0 Å².